The molecule has 0 saturated heterocycles. The molecule has 6 nitrogen and oxygen atoms in total. The topological polar surface area (TPSA) is 82.3 Å². The maximum Gasteiger partial charge on any atom is 0.318 e. The van der Waals surface area contributed by atoms with Crippen LogP contribution in [0, 0.1) is 0 Å². The zero-order valence-electron chi connectivity index (χ0n) is 13.4. The summed E-state index contributed by atoms with van der Waals surface area (Å²) in [5.74, 6) is 0. The number of nitrogens with one attached hydrogen (secondary N) is 4. The summed E-state index contributed by atoms with van der Waals surface area (Å²) < 4.78 is 0. The Kier molecular flexibility index (Phi) is 4.20. The summed E-state index contributed by atoms with van der Waals surface area (Å²) in [6.45, 7) is 0. The van der Waals surface area contributed by atoms with Crippen LogP contribution in [0.3, 0.4) is 0 Å². The summed E-state index contributed by atoms with van der Waals surface area (Å²) in [5, 5.41) is 14.6. The summed E-state index contributed by atoms with van der Waals surface area (Å²) in [4.78, 5) is 23.3. The van der Waals surface area contributed by atoms with E-state index in [1.807, 2.05) is 48.5 Å². The van der Waals surface area contributed by atoms with E-state index in [0.717, 1.165) is 21.5 Å². The van der Waals surface area contributed by atoms with Gasteiger partial charge < -0.3 is 21.3 Å². The predicted molar refractivity (Wildman–Crippen MR) is 97.6 cm³/mol. The Morgan fingerprint density at radius 2 is 1.17 bits per heavy atom. The van der Waals surface area contributed by atoms with Gasteiger partial charge in [0.25, 0.3) is 0 Å². The summed E-state index contributed by atoms with van der Waals surface area (Å²) in [6, 6.07) is 14.9. The van der Waals surface area contributed by atoms with Gasteiger partial charge in [0.05, 0.1) is 11.4 Å². The molecular formula is C18H18N4O2. The first-order chi connectivity index (χ1) is 11.6. The van der Waals surface area contributed by atoms with E-state index in [-0.39, 0.29) is 12.1 Å². The van der Waals surface area contributed by atoms with Crippen LogP contribution in [0.5, 0.6) is 0 Å². The highest BCUT2D eigenvalue weighted by atomic mass is 16.2. The van der Waals surface area contributed by atoms with Crippen molar-refractivity contribution in [3.63, 3.8) is 0 Å². The van der Waals surface area contributed by atoms with Crippen LogP contribution in [0.4, 0.5) is 21.0 Å². The summed E-state index contributed by atoms with van der Waals surface area (Å²) in [6.07, 6.45) is 0. The summed E-state index contributed by atoms with van der Waals surface area (Å²) in [7, 11) is 3.14. The standard InChI is InChI=1S/C18H18N4O2/c1-19-17(23)21-15-7-3-5-11-9-12-6-4-8-16(22-18(24)20-2)14(12)10-13(11)15/h3-10H,1-2H3,(H2,19,21,23)(H2,20,22,24). The van der Waals surface area contributed by atoms with Crippen molar-refractivity contribution in [1.29, 1.82) is 0 Å². The Labute approximate surface area is 139 Å². The predicted octanol–water partition coefficient (Wildman–Crippen LogP) is 3.50. The summed E-state index contributed by atoms with van der Waals surface area (Å²) >= 11 is 0. The molecule has 3 rings (SSSR count). The number of urea groups is 2. The lowest BCUT2D eigenvalue weighted by molar-refractivity contribution is 0.253. The fourth-order valence-corrected chi connectivity index (χ4v) is 2.64. The van der Waals surface area contributed by atoms with E-state index < -0.39 is 0 Å². The zero-order chi connectivity index (χ0) is 17.1. The number of amides is 4. The van der Waals surface area contributed by atoms with Crippen molar-refractivity contribution in [2.45, 2.75) is 0 Å². The maximum absolute atomic E-state index is 11.7. The Hall–Kier alpha value is -3.28. The first-order valence-corrected chi connectivity index (χ1v) is 7.55. The van der Waals surface area contributed by atoms with E-state index in [4.69, 9.17) is 0 Å². The van der Waals surface area contributed by atoms with Gasteiger partial charge in [0.15, 0.2) is 0 Å². The van der Waals surface area contributed by atoms with Gasteiger partial charge in [-0.1, -0.05) is 24.3 Å². The van der Waals surface area contributed by atoms with Crippen LogP contribution in [0.15, 0.2) is 48.5 Å². The Morgan fingerprint density at radius 3 is 1.58 bits per heavy atom. The lowest BCUT2D eigenvalue weighted by Gasteiger charge is -2.12. The first kappa shape index (κ1) is 15.6. The van der Waals surface area contributed by atoms with Crippen LogP contribution in [0.25, 0.3) is 21.5 Å². The molecule has 0 aliphatic rings. The van der Waals surface area contributed by atoms with Gasteiger partial charge in [-0.05, 0) is 35.0 Å². The number of hydrogen-bond donors (Lipinski definition) is 4. The number of hydrogen-bond acceptors (Lipinski definition) is 2. The lowest BCUT2D eigenvalue weighted by Crippen LogP contribution is -2.24. The Balaban J connectivity index is 2.19. The molecule has 0 atom stereocenters. The first-order valence-electron chi connectivity index (χ1n) is 7.55. The van der Waals surface area contributed by atoms with E-state index >= 15 is 0 Å². The molecule has 122 valence electrons. The van der Waals surface area contributed by atoms with E-state index in [1.54, 1.807) is 14.1 Å². The monoisotopic (exact) mass is 322 g/mol. The number of carbonyl (C=O) groups is 2. The normalized spacial score (nSPS) is 10.4. The third-order valence-corrected chi connectivity index (χ3v) is 3.83. The Bertz CT molecular complexity index is 864. The molecule has 4 amide bonds. The fourth-order valence-electron chi connectivity index (χ4n) is 2.64. The van der Waals surface area contributed by atoms with Gasteiger partial charge in [-0.2, -0.15) is 0 Å². The smallest absolute Gasteiger partial charge is 0.318 e. The second kappa shape index (κ2) is 6.45. The highest BCUT2D eigenvalue weighted by molar-refractivity contribution is 6.11. The molecule has 0 spiro atoms. The minimum atomic E-state index is -0.278. The quantitative estimate of drug-likeness (QED) is 0.545. The number of rotatable bonds is 2. The van der Waals surface area contributed by atoms with Crippen molar-refractivity contribution in [1.82, 2.24) is 10.6 Å². The van der Waals surface area contributed by atoms with E-state index in [2.05, 4.69) is 21.3 Å². The van der Waals surface area contributed by atoms with Crippen molar-refractivity contribution in [2.24, 2.45) is 0 Å². The molecule has 0 fully saturated rings. The van der Waals surface area contributed by atoms with E-state index in [9.17, 15) is 9.59 Å². The molecule has 4 N–H and O–H groups in total. The van der Waals surface area contributed by atoms with Crippen molar-refractivity contribution in [2.75, 3.05) is 24.7 Å². The molecule has 0 aromatic heterocycles. The van der Waals surface area contributed by atoms with Crippen LogP contribution in [-0.4, -0.2) is 26.2 Å². The minimum Gasteiger partial charge on any atom is -0.341 e. The van der Waals surface area contributed by atoms with Crippen molar-refractivity contribution < 1.29 is 9.59 Å². The fraction of sp³-hybridized carbons (Fsp3) is 0.111. The highest BCUT2D eigenvalue weighted by Gasteiger charge is 2.09. The van der Waals surface area contributed by atoms with Crippen molar-refractivity contribution >= 4 is 45.0 Å². The van der Waals surface area contributed by atoms with Gasteiger partial charge in [-0.15, -0.1) is 0 Å². The maximum atomic E-state index is 11.7. The third-order valence-electron chi connectivity index (χ3n) is 3.83. The molecule has 24 heavy (non-hydrogen) atoms. The molecule has 3 aromatic rings. The molecule has 3 aromatic carbocycles. The second-order valence-corrected chi connectivity index (χ2v) is 5.31. The third kappa shape index (κ3) is 2.94. The molecule has 6 heteroatoms. The molecule has 0 saturated carbocycles. The van der Waals surface area contributed by atoms with Gasteiger partial charge in [-0.25, -0.2) is 9.59 Å². The van der Waals surface area contributed by atoms with Crippen LogP contribution >= 0.6 is 0 Å². The van der Waals surface area contributed by atoms with Gasteiger partial charge in [0.1, 0.15) is 0 Å². The highest BCUT2D eigenvalue weighted by Crippen LogP contribution is 2.32. The number of carbonyl (C=O) groups excluding carboxylic acids is 2. The molecule has 0 unspecified atom stereocenters. The van der Waals surface area contributed by atoms with Crippen molar-refractivity contribution in [3.8, 4) is 0 Å². The van der Waals surface area contributed by atoms with Gasteiger partial charge in [0, 0.05) is 24.9 Å². The molecular weight excluding hydrogens is 304 g/mol. The number of benzene rings is 3. The SMILES string of the molecule is CNC(=O)Nc1cccc2cc3cccc(NC(=O)NC)c3cc12. The van der Waals surface area contributed by atoms with Gasteiger partial charge in [0.2, 0.25) is 0 Å². The van der Waals surface area contributed by atoms with Crippen LogP contribution < -0.4 is 21.3 Å². The average Bonchev–Trinajstić information content (AvgIpc) is 2.60. The minimum absolute atomic E-state index is 0.278. The van der Waals surface area contributed by atoms with E-state index in [1.165, 1.54) is 0 Å². The van der Waals surface area contributed by atoms with Gasteiger partial charge in [-0.3, -0.25) is 0 Å². The van der Waals surface area contributed by atoms with Gasteiger partial charge >= 0.3 is 12.1 Å². The lowest BCUT2D eigenvalue weighted by atomic mass is 10.0. The summed E-state index contributed by atoms with van der Waals surface area (Å²) in [5.41, 5.74) is 1.42. The van der Waals surface area contributed by atoms with Crippen LogP contribution in [0.1, 0.15) is 0 Å². The van der Waals surface area contributed by atoms with Crippen molar-refractivity contribution in [3.05, 3.63) is 48.5 Å². The largest absolute Gasteiger partial charge is 0.341 e. The van der Waals surface area contributed by atoms with E-state index in [0.29, 0.717) is 11.4 Å². The number of anilines is 2. The number of fused-ring (bicyclic) bond motifs is 2. The second-order valence-electron chi connectivity index (χ2n) is 5.31. The van der Waals surface area contributed by atoms with Crippen LogP contribution in [-0.2, 0) is 0 Å². The Morgan fingerprint density at radius 1 is 0.708 bits per heavy atom. The molecule has 0 aliphatic carbocycles. The molecule has 0 radical (unpaired) electrons. The molecule has 0 aliphatic heterocycles. The molecule has 0 bridgehead atoms. The average molecular weight is 322 g/mol. The van der Waals surface area contributed by atoms with Crippen LogP contribution in [0.2, 0.25) is 0 Å². The molecule has 0 heterocycles. The zero-order valence-corrected chi connectivity index (χ0v) is 13.4.